The molecule has 1 N–H and O–H groups in total. The number of carbonyl (C=O) groups is 1. The zero-order chi connectivity index (χ0) is 22.1. The SMILES string of the molecule is Cc1c(Cl)cccc1S(=O)(=O)N1CCCC(NC(=O)c2cccc(C(F)(F)F)c2)C1. The quantitative estimate of drug-likeness (QED) is 0.741. The molecule has 0 aromatic heterocycles. The van der Waals surface area contributed by atoms with Gasteiger partial charge in [-0.1, -0.05) is 23.7 Å². The van der Waals surface area contributed by atoms with Gasteiger partial charge in [0, 0.05) is 29.7 Å². The van der Waals surface area contributed by atoms with Crippen molar-refractivity contribution in [2.24, 2.45) is 0 Å². The maximum atomic E-state index is 13.0. The van der Waals surface area contributed by atoms with Crippen LogP contribution in [0.15, 0.2) is 47.4 Å². The zero-order valence-electron chi connectivity index (χ0n) is 16.0. The summed E-state index contributed by atoms with van der Waals surface area (Å²) in [6, 6.07) is 8.23. The lowest BCUT2D eigenvalue weighted by Gasteiger charge is -2.32. The maximum absolute atomic E-state index is 13.0. The number of nitrogens with one attached hydrogen (secondary N) is 1. The smallest absolute Gasteiger partial charge is 0.348 e. The van der Waals surface area contributed by atoms with Crippen LogP contribution in [0.25, 0.3) is 0 Å². The summed E-state index contributed by atoms with van der Waals surface area (Å²) in [4.78, 5) is 12.6. The van der Waals surface area contributed by atoms with E-state index >= 15 is 0 Å². The van der Waals surface area contributed by atoms with Gasteiger partial charge in [-0.25, -0.2) is 8.42 Å². The Balaban J connectivity index is 1.75. The van der Waals surface area contributed by atoms with E-state index in [1.165, 1.54) is 16.4 Å². The number of nitrogens with zero attached hydrogens (tertiary/aromatic N) is 1. The number of carbonyl (C=O) groups excluding carboxylic acids is 1. The van der Waals surface area contributed by atoms with Crippen molar-refractivity contribution in [3.63, 3.8) is 0 Å². The van der Waals surface area contributed by atoms with Gasteiger partial charge in [0.25, 0.3) is 5.91 Å². The van der Waals surface area contributed by atoms with Crippen LogP contribution in [0.5, 0.6) is 0 Å². The lowest BCUT2D eigenvalue weighted by atomic mass is 10.1. The number of sulfonamides is 1. The first-order valence-electron chi connectivity index (χ1n) is 9.23. The predicted molar refractivity (Wildman–Crippen MR) is 107 cm³/mol. The van der Waals surface area contributed by atoms with Crippen LogP contribution in [0, 0.1) is 6.92 Å². The molecule has 30 heavy (non-hydrogen) atoms. The maximum Gasteiger partial charge on any atom is 0.416 e. The second kappa shape index (κ2) is 8.56. The number of alkyl halides is 3. The van der Waals surface area contributed by atoms with Crippen molar-refractivity contribution in [3.05, 3.63) is 64.2 Å². The number of halogens is 4. The van der Waals surface area contributed by atoms with Crippen molar-refractivity contribution in [1.29, 1.82) is 0 Å². The first-order chi connectivity index (χ1) is 14.0. The molecule has 0 aliphatic carbocycles. The number of hydrogen-bond donors (Lipinski definition) is 1. The van der Waals surface area contributed by atoms with Crippen LogP contribution in [-0.4, -0.2) is 37.8 Å². The number of hydrogen-bond acceptors (Lipinski definition) is 3. The molecule has 0 radical (unpaired) electrons. The monoisotopic (exact) mass is 460 g/mol. The van der Waals surface area contributed by atoms with Crippen molar-refractivity contribution in [2.45, 2.75) is 36.9 Å². The normalized spacial score (nSPS) is 18.2. The Morgan fingerprint density at radius 2 is 1.90 bits per heavy atom. The molecule has 3 rings (SSSR count). The molecular formula is C20H20ClF3N2O3S. The molecule has 162 valence electrons. The summed E-state index contributed by atoms with van der Waals surface area (Å²) in [6.45, 7) is 1.93. The van der Waals surface area contributed by atoms with Gasteiger partial charge < -0.3 is 5.32 Å². The van der Waals surface area contributed by atoms with Gasteiger partial charge in [-0.05, 0) is 55.7 Å². The van der Waals surface area contributed by atoms with Crippen LogP contribution >= 0.6 is 11.6 Å². The zero-order valence-corrected chi connectivity index (χ0v) is 17.6. The van der Waals surface area contributed by atoms with E-state index in [-0.39, 0.29) is 23.5 Å². The molecule has 0 saturated carbocycles. The van der Waals surface area contributed by atoms with E-state index in [1.807, 2.05) is 0 Å². The molecule has 2 aromatic carbocycles. The van der Waals surface area contributed by atoms with Crippen molar-refractivity contribution in [3.8, 4) is 0 Å². The fourth-order valence-corrected chi connectivity index (χ4v) is 5.39. The van der Waals surface area contributed by atoms with Crippen molar-refractivity contribution < 1.29 is 26.4 Å². The summed E-state index contributed by atoms with van der Waals surface area (Å²) < 4.78 is 66.0. The molecule has 1 amide bonds. The average Bonchev–Trinajstić information content (AvgIpc) is 2.69. The van der Waals surface area contributed by atoms with E-state index in [0.29, 0.717) is 23.4 Å². The fourth-order valence-electron chi connectivity index (χ4n) is 3.39. The standard InChI is InChI=1S/C20H20ClF3N2O3S/c1-13-17(21)8-3-9-18(13)30(28,29)26-10-4-7-16(12-26)25-19(27)14-5-2-6-15(11-14)20(22,23)24/h2-3,5-6,8-9,11,16H,4,7,10,12H2,1H3,(H,25,27). The van der Waals surface area contributed by atoms with Crippen LogP contribution < -0.4 is 5.32 Å². The van der Waals surface area contributed by atoms with Crippen LogP contribution in [-0.2, 0) is 16.2 Å². The molecule has 2 aromatic rings. The average molecular weight is 461 g/mol. The Hall–Kier alpha value is -2.10. The van der Waals surface area contributed by atoms with Gasteiger partial charge in [0.1, 0.15) is 0 Å². The van der Waals surface area contributed by atoms with Crippen molar-refractivity contribution in [2.75, 3.05) is 13.1 Å². The van der Waals surface area contributed by atoms with Gasteiger partial charge in [0.05, 0.1) is 10.5 Å². The summed E-state index contributed by atoms with van der Waals surface area (Å²) in [7, 11) is -3.83. The van der Waals surface area contributed by atoms with Crippen LogP contribution in [0.1, 0.15) is 34.3 Å². The highest BCUT2D eigenvalue weighted by atomic mass is 35.5. The Bertz CT molecular complexity index is 1060. The second-order valence-electron chi connectivity index (χ2n) is 7.12. The number of rotatable bonds is 4. The van der Waals surface area contributed by atoms with Crippen LogP contribution in [0.4, 0.5) is 13.2 Å². The number of benzene rings is 2. The van der Waals surface area contributed by atoms with E-state index in [1.54, 1.807) is 19.1 Å². The highest BCUT2D eigenvalue weighted by Gasteiger charge is 2.33. The minimum atomic E-state index is -4.55. The molecule has 1 heterocycles. The third-order valence-electron chi connectivity index (χ3n) is 5.01. The van der Waals surface area contributed by atoms with Crippen LogP contribution in [0.3, 0.4) is 0 Å². The highest BCUT2D eigenvalue weighted by molar-refractivity contribution is 7.89. The Labute approximate surface area is 177 Å². The van der Waals surface area contributed by atoms with Gasteiger partial charge in [0.2, 0.25) is 10.0 Å². The molecule has 0 spiro atoms. The Kier molecular flexibility index (Phi) is 6.45. The number of piperidine rings is 1. The van der Waals surface area contributed by atoms with Crippen molar-refractivity contribution in [1.82, 2.24) is 9.62 Å². The van der Waals surface area contributed by atoms with Gasteiger partial charge in [-0.15, -0.1) is 0 Å². The largest absolute Gasteiger partial charge is 0.416 e. The lowest BCUT2D eigenvalue weighted by molar-refractivity contribution is -0.137. The molecule has 1 fully saturated rings. The molecule has 0 bridgehead atoms. The third-order valence-corrected chi connectivity index (χ3v) is 7.43. The van der Waals surface area contributed by atoms with E-state index < -0.39 is 33.7 Å². The van der Waals surface area contributed by atoms with Gasteiger partial charge in [0.15, 0.2) is 0 Å². The van der Waals surface area contributed by atoms with Gasteiger partial charge >= 0.3 is 6.18 Å². The molecular weight excluding hydrogens is 441 g/mol. The topological polar surface area (TPSA) is 66.5 Å². The summed E-state index contributed by atoms with van der Waals surface area (Å²) in [5.74, 6) is -0.677. The summed E-state index contributed by atoms with van der Waals surface area (Å²) in [5.41, 5.74) is -0.607. The van der Waals surface area contributed by atoms with Crippen molar-refractivity contribution >= 4 is 27.5 Å². The van der Waals surface area contributed by atoms with E-state index in [9.17, 15) is 26.4 Å². The molecule has 1 unspecified atom stereocenters. The summed E-state index contributed by atoms with van der Waals surface area (Å²) >= 11 is 6.05. The lowest BCUT2D eigenvalue weighted by Crippen LogP contribution is -2.49. The Morgan fingerprint density at radius 1 is 1.20 bits per heavy atom. The highest BCUT2D eigenvalue weighted by Crippen LogP contribution is 2.30. The molecule has 1 saturated heterocycles. The summed E-state index contributed by atoms with van der Waals surface area (Å²) in [6.07, 6.45) is -3.53. The second-order valence-corrected chi connectivity index (χ2v) is 9.43. The molecule has 1 aliphatic heterocycles. The first kappa shape index (κ1) is 22.6. The third kappa shape index (κ3) is 4.79. The number of amides is 1. The molecule has 10 heteroatoms. The molecule has 1 atom stereocenters. The predicted octanol–water partition coefficient (Wildman–Crippen LogP) is 4.25. The molecule has 5 nitrogen and oxygen atoms in total. The van der Waals surface area contributed by atoms with E-state index in [0.717, 1.165) is 18.2 Å². The van der Waals surface area contributed by atoms with Crippen LogP contribution in [0.2, 0.25) is 5.02 Å². The molecule has 1 aliphatic rings. The summed E-state index contributed by atoms with van der Waals surface area (Å²) in [5, 5.41) is 2.99. The van der Waals surface area contributed by atoms with E-state index in [4.69, 9.17) is 11.6 Å². The van der Waals surface area contributed by atoms with Gasteiger partial charge in [-0.2, -0.15) is 17.5 Å². The van der Waals surface area contributed by atoms with Gasteiger partial charge in [-0.3, -0.25) is 4.79 Å². The van der Waals surface area contributed by atoms with E-state index in [2.05, 4.69) is 5.32 Å². The first-order valence-corrected chi connectivity index (χ1v) is 11.1. The Morgan fingerprint density at radius 3 is 2.60 bits per heavy atom. The fraction of sp³-hybridized carbons (Fsp3) is 0.350. The minimum Gasteiger partial charge on any atom is -0.348 e. The minimum absolute atomic E-state index is 0.0268.